The third kappa shape index (κ3) is 1.89. The standard InChI is InChI=1S/C11H12FN3/c1-8(13)11-6-14-7-15(11)10-4-2-3-9(12)5-10/h2-8H,13H2,1H3/t8-/m1/s1. The minimum Gasteiger partial charge on any atom is -0.323 e. The Morgan fingerprint density at radius 2 is 2.27 bits per heavy atom. The van der Waals surface area contributed by atoms with Crippen LogP contribution in [-0.2, 0) is 0 Å². The molecule has 2 aromatic rings. The minimum absolute atomic E-state index is 0.129. The summed E-state index contributed by atoms with van der Waals surface area (Å²) in [5.41, 5.74) is 7.38. The fourth-order valence-corrected chi connectivity index (χ4v) is 1.48. The van der Waals surface area contributed by atoms with E-state index in [1.807, 2.05) is 13.0 Å². The van der Waals surface area contributed by atoms with Crippen LogP contribution < -0.4 is 5.73 Å². The van der Waals surface area contributed by atoms with E-state index < -0.39 is 0 Å². The van der Waals surface area contributed by atoms with Crippen molar-refractivity contribution in [2.45, 2.75) is 13.0 Å². The first-order chi connectivity index (χ1) is 7.18. The van der Waals surface area contributed by atoms with Crippen molar-refractivity contribution >= 4 is 0 Å². The van der Waals surface area contributed by atoms with Crippen LogP contribution in [0.25, 0.3) is 5.69 Å². The Morgan fingerprint density at radius 3 is 2.93 bits per heavy atom. The molecule has 78 valence electrons. The summed E-state index contributed by atoms with van der Waals surface area (Å²) in [6.07, 6.45) is 3.32. The summed E-state index contributed by atoms with van der Waals surface area (Å²) in [4.78, 5) is 4.01. The second-order valence-electron chi connectivity index (χ2n) is 3.46. The first kappa shape index (κ1) is 9.86. The number of hydrogen-bond acceptors (Lipinski definition) is 2. The summed E-state index contributed by atoms with van der Waals surface area (Å²) >= 11 is 0. The van der Waals surface area contributed by atoms with Crippen LogP contribution in [0.1, 0.15) is 18.7 Å². The van der Waals surface area contributed by atoms with Gasteiger partial charge in [-0.3, -0.25) is 0 Å². The van der Waals surface area contributed by atoms with Gasteiger partial charge in [0, 0.05) is 11.7 Å². The van der Waals surface area contributed by atoms with E-state index in [9.17, 15) is 4.39 Å². The van der Waals surface area contributed by atoms with Gasteiger partial charge in [0.1, 0.15) is 5.82 Å². The molecule has 3 nitrogen and oxygen atoms in total. The van der Waals surface area contributed by atoms with Crippen LogP contribution in [0.15, 0.2) is 36.8 Å². The fraction of sp³-hybridized carbons (Fsp3) is 0.182. The normalized spacial score (nSPS) is 12.7. The lowest BCUT2D eigenvalue weighted by Gasteiger charge is -2.10. The van der Waals surface area contributed by atoms with Gasteiger partial charge in [-0.1, -0.05) is 6.07 Å². The molecule has 0 spiro atoms. The predicted octanol–water partition coefficient (Wildman–Crippen LogP) is 2.03. The highest BCUT2D eigenvalue weighted by molar-refractivity contribution is 5.34. The topological polar surface area (TPSA) is 43.8 Å². The van der Waals surface area contributed by atoms with E-state index >= 15 is 0 Å². The predicted molar refractivity (Wildman–Crippen MR) is 56.1 cm³/mol. The van der Waals surface area contributed by atoms with E-state index in [1.165, 1.54) is 12.1 Å². The van der Waals surface area contributed by atoms with Crippen molar-refractivity contribution in [2.24, 2.45) is 5.73 Å². The van der Waals surface area contributed by atoms with E-state index in [-0.39, 0.29) is 11.9 Å². The van der Waals surface area contributed by atoms with Crippen LogP contribution in [0.5, 0.6) is 0 Å². The monoisotopic (exact) mass is 205 g/mol. The van der Waals surface area contributed by atoms with E-state index in [4.69, 9.17) is 5.73 Å². The average Bonchev–Trinajstić information content (AvgIpc) is 2.65. The summed E-state index contributed by atoms with van der Waals surface area (Å²) in [6, 6.07) is 6.21. The number of benzene rings is 1. The molecule has 0 saturated heterocycles. The van der Waals surface area contributed by atoms with Gasteiger partial charge in [0.25, 0.3) is 0 Å². The number of nitrogens with zero attached hydrogens (tertiary/aromatic N) is 2. The first-order valence-corrected chi connectivity index (χ1v) is 4.72. The Morgan fingerprint density at radius 1 is 1.47 bits per heavy atom. The zero-order valence-electron chi connectivity index (χ0n) is 8.39. The lowest BCUT2D eigenvalue weighted by molar-refractivity contribution is 0.625. The molecule has 4 heteroatoms. The molecule has 1 aromatic carbocycles. The molecule has 1 heterocycles. The average molecular weight is 205 g/mol. The molecule has 15 heavy (non-hydrogen) atoms. The van der Waals surface area contributed by atoms with Gasteiger partial charge in [-0.05, 0) is 25.1 Å². The van der Waals surface area contributed by atoms with Crippen molar-refractivity contribution in [3.8, 4) is 5.69 Å². The van der Waals surface area contributed by atoms with Gasteiger partial charge in [0.2, 0.25) is 0 Å². The summed E-state index contributed by atoms with van der Waals surface area (Å²) in [5.74, 6) is -0.267. The van der Waals surface area contributed by atoms with E-state index in [0.29, 0.717) is 0 Å². The number of hydrogen-bond donors (Lipinski definition) is 1. The van der Waals surface area contributed by atoms with Crippen LogP contribution in [-0.4, -0.2) is 9.55 Å². The summed E-state index contributed by atoms with van der Waals surface area (Å²) in [5, 5.41) is 0. The summed E-state index contributed by atoms with van der Waals surface area (Å²) in [7, 11) is 0. The molecule has 0 amide bonds. The number of rotatable bonds is 2. The Kier molecular flexibility index (Phi) is 2.51. The quantitative estimate of drug-likeness (QED) is 0.815. The van der Waals surface area contributed by atoms with Gasteiger partial charge in [-0.2, -0.15) is 0 Å². The number of aromatic nitrogens is 2. The lowest BCUT2D eigenvalue weighted by Crippen LogP contribution is -2.10. The Hall–Kier alpha value is -1.68. The Bertz CT molecular complexity index is 462. The maximum atomic E-state index is 13.0. The van der Waals surface area contributed by atoms with Crippen molar-refractivity contribution in [3.05, 3.63) is 48.3 Å². The van der Waals surface area contributed by atoms with Crippen molar-refractivity contribution in [1.29, 1.82) is 0 Å². The van der Waals surface area contributed by atoms with Crippen LogP contribution in [0, 0.1) is 5.82 Å². The largest absolute Gasteiger partial charge is 0.323 e. The van der Waals surface area contributed by atoms with Crippen molar-refractivity contribution < 1.29 is 4.39 Å². The molecule has 0 aliphatic rings. The fourth-order valence-electron chi connectivity index (χ4n) is 1.48. The van der Waals surface area contributed by atoms with E-state index in [2.05, 4.69) is 4.98 Å². The molecular weight excluding hydrogens is 193 g/mol. The van der Waals surface area contributed by atoms with Crippen molar-refractivity contribution in [3.63, 3.8) is 0 Å². The molecule has 0 aliphatic carbocycles. The Labute approximate surface area is 87.4 Å². The van der Waals surface area contributed by atoms with Crippen LogP contribution in [0.4, 0.5) is 4.39 Å². The summed E-state index contributed by atoms with van der Waals surface area (Å²) in [6.45, 7) is 1.87. The van der Waals surface area contributed by atoms with Gasteiger partial charge >= 0.3 is 0 Å². The highest BCUT2D eigenvalue weighted by Crippen LogP contribution is 2.16. The second kappa shape index (κ2) is 3.82. The van der Waals surface area contributed by atoms with Gasteiger partial charge < -0.3 is 10.3 Å². The van der Waals surface area contributed by atoms with Gasteiger partial charge in [0.15, 0.2) is 0 Å². The van der Waals surface area contributed by atoms with Crippen molar-refractivity contribution in [2.75, 3.05) is 0 Å². The Balaban J connectivity index is 2.49. The smallest absolute Gasteiger partial charge is 0.125 e. The second-order valence-corrected chi connectivity index (χ2v) is 3.46. The summed E-state index contributed by atoms with van der Waals surface area (Å²) < 4.78 is 14.8. The number of imidazole rings is 1. The molecule has 0 aliphatic heterocycles. The molecule has 0 bridgehead atoms. The third-order valence-corrected chi connectivity index (χ3v) is 2.22. The number of nitrogens with two attached hydrogens (primary N) is 1. The van der Waals surface area contributed by atoms with Crippen LogP contribution in [0.2, 0.25) is 0 Å². The minimum atomic E-state index is -0.267. The van der Waals surface area contributed by atoms with Gasteiger partial charge in [-0.25, -0.2) is 9.37 Å². The molecule has 0 saturated carbocycles. The molecule has 2 rings (SSSR count). The molecular formula is C11H12FN3. The van der Waals surface area contributed by atoms with Crippen LogP contribution in [0.3, 0.4) is 0 Å². The van der Waals surface area contributed by atoms with Gasteiger partial charge in [-0.15, -0.1) is 0 Å². The van der Waals surface area contributed by atoms with E-state index in [1.54, 1.807) is 23.2 Å². The van der Waals surface area contributed by atoms with Crippen molar-refractivity contribution in [1.82, 2.24) is 9.55 Å². The third-order valence-electron chi connectivity index (χ3n) is 2.22. The highest BCUT2D eigenvalue weighted by atomic mass is 19.1. The SMILES string of the molecule is C[C@@H](N)c1cncn1-c1cccc(F)c1. The zero-order valence-corrected chi connectivity index (χ0v) is 8.39. The first-order valence-electron chi connectivity index (χ1n) is 4.72. The number of halogens is 1. The molecule has 0 fully saturated rings. The van der Waals surface area contributed by atoms with Gasteiger partial charge in [0.05, 0.1) is 18.2 Å². The lowest BCUT2D eigenvalue weighted by atomic mass is 10.2. The molecule has 0 unspecified atom stereocenters. The highest BCUT2D eigenvalue weighted by Gasteiger charge is 2.08. The maximum Gasteiger partial charge on any atom is 0.125 e. The zero-order chi connectivity index (χ0) is 10.8. The molecule has 0 radical (unpaired) electrons. The molecule has 1 atom stereocenters. The maximum absolute atomic E-state index is 13.0. The molecule has 1 aromatic heterocycles. The van der Waals surface area contributed by atoms with Crippen LogP contribution >= 0.6 is 0 Å². The molecule has 2 N–H and O–H groups in total. The van der Waals surface area contributed by atoms with E-state index in [0.717, 1.165) is 11.4 Å².